The standard InChI is InChI=1S/C14H11NO/c16-9-15-14-8-7-11(10-5-6-10)12-3-1-2-4-13(12)14/h1-4,7-8,10H,5-6H2. The Bertz CT molecular complexity index is 593. The lowest BCUT2D eigenvalue weighted by Gasteiger charge is -2.06. The van der Waals surface area contributed by atoms with E-state index in [1.807, 2.05) is 24.3 Å². The Labute approximate surface area is 93.6 Å². The first kappa shape index (κ1) is 9.32. The van der Waals surface area contributed by atoms with Gasteiger partial charge in [0.2, 0.25) is 6.08 Å². The number of rotatable bonds is 2. The van der Waals surface area contributed by atoms with Gasteiger partial charge in [-0.15, -0.1) is 0 Å². The summed E-state index contributed by atoms with van der Waals surface area (Å²) in [5, 5.41) is 2.27. The van der Waals surface area contributed by atoms with E-state index >= 15 is 0 Å². The number of isocyanates is 1. The van der Waals surface area contributed by atoms with Crippen molar-refractivity contribution in [2.45, 2.75) is 18.8 Å². The minimum atomic E-state index is 0.708. The summed E-state index contributed by atoms with van der Waals surface area (Å²) in [4.78, 5) is 14.1. The molecule has 0 aromatic heterocycles. The van der Waals surface area contributed by atoms with Crippen LogP contribution in [-0.2, 0) is 4.79 Å². The van der Waals surface area contributed by atoms with Crippen molar-refractivity contribution in [3.63, 3.8) is 0 Å². The Morgan fingerprint density at radius 3 is 2.50 bits per heavy atom. The highest BCUT2D eigenvalue weighted by atomic mass is 16.1. The SMILES string of the molecule is O=C=Nc1ccc(C2CC2)c2ccccc12. The van der Waals surface area contributed by atoms with Crippen LogP contribution in [0.25, 0.3) is 10.8 Å². The van der Waals surface area contributed by atoms with Crippen molar-refractivity contribution in [2.75, 3.05) is 0 Å². The van der Waals surface area contributed by atoms with Crippen molar-refractivity contribution >= 4 is 22.5 Å². The smallest absolute Gasteiger partial charge is 0.211 e. The fraction of sp³-hybridized carbons (Fsp3) is 0.214. The summed E-state index contributed by atoms with van der Waals surface area (Å²) in [6.45, 7) is 0. The van der Waals surface area contributed by atoms with Gasteiger partial charge in [0, 0.05) is 5.39 Å². The molecule has 1 fully saturated rings. The monoisotopic (exact) mass is 209 g/mol. The Balaban J connectivity index is 2.32. The molecule has 0 aliphatic heterocycles. The van der Waals surface area contributed by atoms with Gasteiger partial charge in [-0.1, -0.05) is 30.3 Å². The molecule has 2 nitrogen and oxygen atoms in total. The highest BCUT2D eigenvalue weighted by molar-refractivity contribution is 5.95. The zero-order valence-corrected chi connectivity index (χ0v) is 8.81. The summed E-state index contributed by atoms with van der Waals surface area (Å²) in [5.74, 6) is 0.708. The molecule has 0 atom stereocenters. The van der Waals surface area contributed by atoms with Gasteiger partial charge in [-0.2, -0.15) is 4.99 Å². The van der Waals surface area contributed by atoms with E-state index in [1.165, 1.54) is 23.8 Å². The van der Waals surface area contributed by atoms with Crippen LogP contribution in [0.5, 0.6) is 0 Å². The highest BCUT2D eigenvalue weighted by Gasteiger charge is 2.25. The molecule has 16 heavy (non-hydrogen) atoms. The van der Waals surface area contributed by atoms with Crippen molar-refractivity contribution < 1.29 is 4.79 Å². The van der Waals surface area contributed by atoms with Crippen LogP contribution in [-0.4, -0.2) is 6.08 Å². The van der Waals surface area contributed by atoms with Gasteiger partial charge >= 0.3 is 0 Å². The minimum Gasteiger partial charge on any atom is -0.211 e. The first-order chi connectivity index (χ1) is 7.90. The molecule has 3 rings (SSSR count). The maximum absolute atomic E-state index is 10.4. The molecule has 0 spiro atoms. The largest absolute Gasteiger partial charge is 0.240 e. The molecule has 1 saturated carbocycles. The molecule has 0 N–H and O–H groups in total. The Morgan fingerprint density at radius 2 is 1.81 bits per heavy atom. The number of fused-ring (bicyclic) bond motifs is 1. The van der Waals surface area contributed by atoms with Gasteiger partial charge in [0.15, 0.2) is 0 Å². The van der Waals surface area contributed by atoms with Crippen LogP contribution in [0.4, 0.5) is 5.69 Å². The average molecular weight is 209 g/mol. The van der Waals surface area contributed by atoms with Crippen molar-refractivity contribution in [3.05, 3.63) is 42.0 Å². The first-order valence-electron chi connectivity index (χ1n) is 5.49. The molecule has 0 saturated heterocycles. The summed E-state index contributed by atoms with van der Waals surface area (Å²) in [7, 11) is 0. The highest BCUT2D eigenvalue weighted by Crippen LogP contribution is 2.44. The quantitative estimate of drug-likeness (QED) is 0.548. The van der Waals surface area contributed by atoms with Crippen LogP contribution in [0.3, 0.4) is 0 Å². The van der Waals surface area contributed by atoms with E-state index in [-0.39, 0.29) is 0 Å². The molecule has 2 aromatic carbocycles. The van der Waals surface area contributed by atoms with E-state index < -0.39 is 0 Å². The minimum absolute atomic E-state index is 0.708. The van der Waals surface area contributed by atoms with Crippen LogP contribution in [0.15, 0.2) is 41.4 Å². The van der Waals surface area contributed by atoms with Gasteiger partial charge in [0.25, 0.3) is 0 Å². The third-order valence-electron chi connectivity index (χ3n) is 3.12. The molecular weight excluding hydrogens is 198 g/mol. The van der Waals surface area contributed by atoms with Gasteiger partial charge < -0.3 is 0 Å². The first-order valence-corrected chi connectivity index (χ1v) is 5.49. The second-order valence-electron chi connectivity index (χ2n) is 4.20. The molecule has 78 valence electrons. The molecule has 0 bridgehead atoms. The molecule has 2 heteroatoms. The third-order valence-corrected chi connectivity index (χ3v) is 3.12. The fourth-order valence-corrected chi connectivity index (χ4v) is 2.20. The summed E-state index contributed by atoms with van der Waals surface area (Å²) >= 11 is 0. The Morgan fingerprint density at radius 1 is 1.06 bits per heavy atom. The van der Waals surface area contributed by atoms with E-state index in [2.05, 4.69) is 17.1 Å². The molecular formula is C14H11NO. The molecule has 0 heterocycles. The zero-order chi connectivity index (χ0) is 11.0. The van der Waals surface area contributed by atoms with E-state index in [9.17, 15) is 4.79 Å². The van der Waals surface area contributed by atoms with Crippen LogP contribution < -0.4 is 0 Å². The lowest BCUT2D eigenvalue weighted by atomic mass is 10.00. The summed E-state index contributed by atoms with van der Waals surface area (Å²) in [6, 6.07) is 12.1. The van der Waals surface area contributed by atoms with Gasteiger partial charge in [-0.25, -0.2) is 4.79 Å². The topological polar surface area (TPSA) is 29.4 Å². The van der Waals surface area contributed by atoms with Crippen molar-refractivity contribution in [2.24, 2.45) is 4.99 Å². The number of benzene rings is 2. The van der Waals surface area contributed by atoms with Gasteiger partial charge in [0.05, 0.1) is 5.69 Å². The Kier molecular flexibility index (Phi) is 2.09. The van der Waals surface area contributed by atoms with Crippen LogP contribution in [0, 0.1) is 0 Å². The molecule has 2 aromatic rings. The molecule has 0 unspecified atom stereocenters. The molecule has 1 aliphatic rings. The molecule has 0 radical (unpaired) electrons. The van der Waals surface area contributed by atoms with E-state index in [0.717, 1.165) is 11.1 Å². The zero-order valence-electron chi connectivity index (χ0n) is 8.81. The normalized spacial score (nSPS) is 14.8. The predicted molar refractivity (Wildman–Crippen MR) is 63.7 cm³/mol. The van der Waals surface area contributed by atoms with Gasteiger partial charge in [-0.05, 0) is 35.8 Å². The van der Waals surface area contributed by atoms with Crippen LogP contribution in [0.1, 0.15) is 24.3 Å². The summed E-state index contributed by atoms with van der Waals surface area (Å²) in [5.41, 5.74) is 2.11. The van der Waals surface area contributed by atoms with Gasteiger partial charge in [-0.3, -0.25) is 0 Å². The lowest BCUT2D eigenvalue weighted by Crippen LogP contribution is -1.83. The maximum Gasteiger partial charge on any atom is 0.240 e. The molecule has 1 aliphatic carbocycles. The number of hydrogen-bond acceptors (Lipinski definition) is 2. The fourth-order valence-electron chi connectivity index (χ4n) is 2.20. The maximum atomic E-state index is 10.4. The van der Waals surface area contributed by atoms with Crippen LogP contribution >= 0.6 is 0 Å². The lowest BCUT2D eigenvalue weighted by molar-refractivity contribution is 0.565. The number of aliphatic imine (C=N–C) groups is 1. The number of carbonyl (C=O) groups excluding carboxylic acids is 1. The summed E-state index contributed by atoms with van der Waals surface area (Å²) in [6.07, 6.45) is 4.17. The Hall–Kier alpha value is -1.92. The number of hydrogen-bond donors (Lipinski definition) is 0. The summed E-state index contributed by atoms with van der Waals surface area (Å²) < 4.78 is 0. The van der Waals surface area contributed by atoms with E-state index in [4.69, 9.17) is 0 Å². The van der Waals surface area contributed by atoms with Crippen molar-refractivity contribution in [1.82, 2.24) is 0 Å². The average Bonchev–Trinajstić information content (AvgIpc) is 3.14. The number of nitrogens with zero attached hydrogens (tertiary/aromatic N) is 1. The van der Waals surface area contributed by atoms with Crippen molar-refractivity contribution in [1.29, 1.82) is 0 Å². The molecule has 0 amide bonds. The van der Waals surface area contributed by atoms with Crippen LogP contribution in [0.2, 0.25) is 0 Å². The van der Waals surface area contributed by atoms with E-state index in [1.54, 1.807) is 6.08 Å². The van der Waals surface area contributed by atoms with E-state index in [0.29, 0.717) is 5.92 Å². The van der Waals surface area contributed by atoms with Crippen molar-refractivity contribution in [3.8, 4) is 0 Å². The third kappa shape index (κ3) is 1.44. The van der Waals surface area contributed by atoms with Gasteiger partial charge in [0.1, 0.15) is 0 Å². The predicted octanol–water partition coefficient (Wildman–Crippen LogP) is 3.68. The second kappa shape index (κ2) is 3.58. The second-order valence-corrected chi connectivity index (χ2v) is 4.20.